The van der Waals surface area contributed by atoms with Crippen molar-refractivity contribution in [2.45, 2.75) is 52.4 Å². The number of aromatic hydroxyl groups is 1. The lowest BCUT2D eigenvalue weighted by atomic mass is 10.1. The molecule has 0 aliphatic heterocycles. The highest BCUT2D eigenvalue weighted by Crippen LogP contribution is 2.21. The molecule has 0 saturated carbocycles. The number of anilines is 1. The van der Waals surface area contributed by atoms with E-state index in [1.54, 1.807) is 29.2 Å². The molecule has 0 unspecified atom stereocenters. The summed E-state index contributed by atoms with van der Waals surface area (Å²) in [6.45, 7) is 7.42. The highest BCUT2D eigenvalue weighted by molar-refractivity contribution is 5.83. The maximum atomic E-state index is 14.5. The number of nitrogens with zero attached hydrogens (tertiary/aromatic N) is 2. The molecule has 6 heteroatoms. The topological polar surface area (TPSA) is 43.8 Å². The normalized spacial score (nSPS) is 11.2. The average Bonchev–Trinajstić information content (AvgIpc) is 2.79. The summed E-state index contributed by atoms with van der Waals surface area (Å²) in [5, 5.41) is 9.40. The second-order valence-electron chi connectivity index (χ2n) is 8.27. The Balaban J connectivity index is 2.06. The Morgan fingerprint density at radius 1 is 0.906 bits per heavy atom. The molecule has 176 valence electrons. The first-order chi connectivity index (χ1) is 15.4. The van der Waals surface area contributed by atoms with E-state index in [4.69, 9.17) is 0 Å². The Kier molecular flexibility index (Phi) is 11.2. The van der Waals surface area contributed by atoms with Crippen LogP contribution in [0.25, 0.3) is 0 Å². The average molecular weight is 447 g/mol. The molecule has 1 N–H and O–H groups in total. The molecule has 0 radical (unpaired) electrons. The lowest BCUT2D eigenvalue weighted by molar-refractivity contribution is -0.117. The predicted octanol–water partition coefficient (Wildman–Crippen LogP) is 5.58. The van der Waals surface area contributed by atoms with E-state index in [1.165, 1.54) is 6.07 Å². The summed E-state index contributed by atoms with van der Waals surface area (Å²) in [5.41, 5.74) is 1.08. The van der Waals surface area contributed by atoms with Crippen molar-refractivity contribution in [1.29, 1.82) is 0 Å². The Morgan fingerprint density at radius 3 is 2.19 bits per heavy atom. The number of aryl methyl sites for hydroxylation is 1. The number of halogens is 2. The van der Waals surface area contributed by atoms with Crippen molar-refractivity contribution < 1.29 is 18.7 Å². The summed E-state index contributed by atoms with van der Waals surface area (Å²) in [6.07, 6.45) is 5.21. The summed E-state index contributed by atoms with van der Waals surface area (Å²) >= 11 is 0. The van der Waals surface area contributed by atoms with Crippen LogP contribution in [0.5, 0.6) is 5.75 Å². The van der Waals surface area contributed by atoms with Gasteiger partial charge in [0.15, 0.2) is 5.78 Å². The number of ketones is 1. The molecule has 0 spiro atoms. The van der Waals surface area contributed by atoms with Crippen LogP contribution in [0, 0.1) is 11.6 Å². The molecule has 0 heterocycles. The minimum atomic E-state index is -0.522. The molecule has 32 heavy (non-hydrogen) atoms. The Morgan fingerprint density at radius 2 is 1.56 bits per heavy atom. The molecule has 0 aliphatic carbocycles. The Labute approximate surface area is 190 Å². The van der Waals surface area contributed by atoms with Crippen molar-refractivity contribution in [3.63, 3.8) is 0 Å². The van der Waals surface area contributed by atoms with Gasteiger partial charge in [0, 0.05) is 25.6 Å². The number of unbranched alkanes of at least 4 members (excludes halogenated alkanes) is 2. The first-order valence-corrected chi connectivity index (χ1v) is 11.6. The van der Waals surface area contributed by atoms with Crippen LogP contribution in [0.3, 0.4) is 0 Å². The van der Waals surface area contributed by atoms with E-state index >= 15 is 0 Å². The molecular weight excluding hydrogens is 410 g/mol. The second-order valence-corrected chi connectivity index (χ2v) is 8.27. The van der Waals surface area contributed by atoms with Crippen LogP contribution in [0.15, 0.2) is 42.5 Å². The van der Waals surface area contributed by atoms with E-state index in [2.05, 4.69) is 18.7 Å². The summed E-state index contributed by atoms with van der Waals surface area (Å²) in [4.78, 5) is 16.7. The van der Waals surface area contributed by atoms with Crippen LogP contribution in [0.4, 0.5) is 14.5 Å². The fourth-order valence-corrected chi connectivity index (χ4v) is 3.61. The summed E-state index contributed by atoms with van der Waals surface area (Å²) in [7, 11) is 0. The molecule has 0 amide bonds. The molecule has 0 aromatic heterocycles. The number of hydrogen-bond donors (Lipinski definition) is 1. The summed E-state index contributed by atoms with van der Waals surface area (Å²) < 4.78 is 28.4. The van der Waals surface area contributed by atoms with Gasteiger partial charge in [0.1, 0.15) is 17.4 Å². The van der Waals surface area contributed by atoms with E-state index in [9.17, 15) is 18.7 Å². The van der Waals surface area contributed by atoms with Gasteiger partial charge in [0.05, 0.1) is 12.2 Å². The van der Waals surface area contributed by atoms with Crippen LogP contribution in [0.1, 0.15) is 51.5 Å². The van der Waals surface area contributed by atoms with Crippen molar-refractivity contribution in [2.75, 3.05) is 37.6 Å². The monoisotopic (exact) mass is 446 g/mol. The SMILES string of the molecule is CCCCN(CCCC)CCN(CC(=O)CCc1ccc(O)cc1)c1cc(F)ccc1F. The van der Waals surface area contributed by atoms with Crippen LogP contribution in [-0.4, -0.2) is 48.5 Å². The first kappa shape index (κ1) is 25.8. The Hall–Kier alpha value is -2.47. The molecule has 0 aliphatic rings. The van der Waals surface area contributed by atoms with Gasteiger partial charge in [-0.05, 0) is 62.2 Å². The molecule has 0 bridgehead atoms. The maximum absolute atomic E-state index is 14.5. The number of carbonyl (C=O) groups excluding carboxylic acids is 1. The number of hydrogen-bond acceptors (Lipinski definition) is 4. The van der Waals surface area contributed by atoms with Crippen molar-refractivity contribution in [2.24, 2.45) is 0 Å². The van der Waals surface area contributed by atoms with Crippen molar-refractivity contribution in [1.82, 2.24) is 4.90 Å². The van der Waals surface area contributed by atoms with Crippen LogP contribution < -0.4 is 4.90 Å². The zero-order valence-corrected chi connectivity index (χ0v) is 19.3. The first-order valence-electron chi connectivity index (χ1n) is 11.6. The number of carbonyl (C=O) groups is 1. The molecule has 2 aromatic rings. The second kappa shape index (κ2) is 13.8. The fraction of sp³-hybridized carbons (Fsp3) is 0.500. The van der Waals surface area contributed by atoms with Crippen molar-refractivity contribution in [3.05, 3.63) is 59.7 Å². The highest BCUT2D eigenvalue weighted by Gasteiger charge is 2.18. The van der Waals surface area contributed by atoms with E-state index in [1.807, 2.05) is 0 Å². The van der Waals surface area contributed by atoms with Crippen LogP contribution in [-0.2, 0) is 11.2 Å². The molecular formula is C26H36F2N2O2. The van der Waals surface area contributed by atoms with Gasteiger partial charge in [0.2, 0.25) is 0 Å². The highest BCUT2D eigenvalue weighted by atomic mass is 19.1. The number of rotatable bonds is 15. The standard InChI is InChI=1S/C26H36F2N2O2/c1-3-5-15-29(16-6-4-2)17-18-30(26-19-22(27)10-14-25(26)28)20-24(32)13-9-21-7-11-23(31)12-8-21/h7-8,10-12,14,19,31H,3-6,9,13,15-18,20H2,1-2H3. The van der Waals surface area contributed by atoms with Crippen molar-refractivity contribution in [3.8, 4) is 5.75 Å². The van der Waals surface area contributed by atoms with Gasteiger partial charge in [0.25, 0.3) is 0 Å². The Bertz CT molecular complexity index is 819. The smallest absolute Gasteiger partial charge is 0.152 e. The largest absolute Gasteiger partial charge is 0.508 e. The summed E-state index contributed by atoms with van der Waals surface area (Å²) in [6, 6.07) is 10.1. The van der Waals surface area contributed by atoms with Gasteiger partial charge >= 0.3 is 0 Å². The summed E-state index contributed by atoms with van der Waals surface area (Å²) in [5.74, 6) is -0.887. The van der Waals surface area contributed by atoms with E-state index in [-0.39, 0.29) is 23.8 Å². The molecule has 2 rings (SSSR count). The molecule has 0 fully saturated rings. The molecule has 0 saturated heterocycles. The molecule has 0 atom stereocenters. The molecule has 4 nitrogen and oxygen atoms in total. The van der Waals surface area contributed by atoms with E-state index < -0.39 is 11.6 Å². The zero-order valence-electron chi connectivity index (χ0n) is 19.3. The van der Waals surface area contributed by atoms with Gasteiger partial charge in [-0.25, -0.2) is 8.78 Å². The number of Topliss-reactive ketones (excluding diaryl/α,β-unsaturated/α-hetero) is 1. The third-order valence-corrected chi connectivity index (χ3v) is 5.59. The lowest BCUT2D eigenvalue weighted by Crippen LogP contribution is -2.39. The number of phenols is 1. The zero-order chi connectivity index (χ0) is 23.3. The van der Waals surface area contributed by atoms with E-state index in [0.717, 1.165) is 56.5 Å². The fourth-order valence-electron chi connectivity index (χ4n) is 3.61. The maximum Gasteiger partial charge on any atom is 0.152 e. The quantitative estimate of drug-likeness (QED) is 0.388. The van der Waals surface area contributed by atoms with Gasteiger partial charge in [-0.15, -0.1) is 0 Å². The minimum absolute atomic E-state index is 0.0320. The van der Waals surface area contributed by atoms with Crippen LogP contribution >= 0.6 is 0 Å². The van der Waals surface area contributed by atoms with Gasteiger partial charge in [-0.1, -0.05) is 38.8 Å². The minimum Gasteiger partial charge on any atom is -0.508 e. The molecule has 2 aromatic carbocycles. The lowest BCUT2D eigenvalue weighted by Gasteiger charge is -2.29. The van der Waals surface area contributed by atoms with E-state index in [0.29, 0.717) is 25.9 Å². The number of benzene rings is 2. The van der Waals surface area contributed by atoms with Gasteiger partial charge in [-0.2, -0.15) is 0 Å². The third-order valence-electron chi connectivity index (χ3n) is 5.59. The van der Waals surface area contributed by atoms with Gasteiger partial charge < -0.3 is 14.9 Å². The number of phenolic OH excluding ortho intramolecular Hbond substituents is 1. The third kappa shape index (κ3) is 8.95. The predicted molar refractivity (Wildman–Crippen MR) is 126 cm³/mol. The van der Waals surface area contributed by atoms with Crippen LogP contribution in [0.2, 0.25) is 0 Å². The van der Waals surface area contributed by atoms with Gasteiger partial charge in [-0.3, -0.25) is 4.79 Å². The van der Waals surface area contributed by atoms with Crippen molar-refractivity contribution >= 4 is 11.5 Å².